The Morgan fingerprint density at radius 2 is 2.14 bits per heavy atom. The Kier molecular flexibility index (Phi) is 6.02. The molecule has 1 aromatic heterocycles. The van der Waals surface area contributed by atoms with Crippen LogP contribution in [0.5, 0.6) is 5.75 Å². The number of hydrogen-bond donors (Lipinski definition) is 0. The molecule has 0 N–H and O–H groups in total. The molecule has 0 unspecified atom stereocenters. The Morgan fingerprint density at radius 1 is 1.38 bits per heavy atom. The van der Waals surface area contributed by atoms with E-state index in [9.17, 15) is 14.0 Å². The van der Waals surface area contributed by atoms with Crippen LogP contribution in [-0.4, -0.2) is 35.8 Å². The van der Waals surface area contributed by atoms with E-state index >= 15 is 0 Å². The van der Waals surface area contributed by atoms with E-state index < -0.39 is 5.41 Å². The molecular weight excluding hydrogens is 379 g/mol. The number of benzene rings is 1. The lowest BCUT2D eigenvalue weighted by Gasteiger charge is -2.20. The summed E-state index contributed by atoms with van der Waals surface area (Å²) >= 11 is 0. The van der Waals surface area contributed by atoms with Gasteiger partial charge in [-0.25, -0.2) is 9.37 Å². The third-order valence-corrected chi connectivity index (χ3v) is 5.34. The van der Waals surface area contributed by atoms with Gasteiger partial charge in [-0.1, -0.05) is 12.1 Å². The Bertz CT molecular complexity index is 974. The summed E-state index contributed by atoms with van der Waals surface area (Å²) < 4.78 is 31.4. The summed E-state index contributed by atoms with van der Waals surface area (Å²) in [4.78, 5) is 28.4. The molecule has 1 aliphatic rings. The number of halogens is 1. The van der Waals surface area contributed by atoms with Crippen LogP contribution >= 0.6 is 0 Å². The molecule has 8 heteroatoms. The lowest BCUT2D eigenvalue weighted by Crippen LogP contribution is -2.30. The highest BCUT2D eigenvalue weighted by molar-refractivity contribution is 5.66. The van der Waals surface area contributed by atoms with E-state index in [1.807, 2.05) is 6.07 Å². The maximum absolute atomic E-state index is 13.8. The van der Waals surface area contributed by atoms with E-state index in [1.165, 1.54) is 30.7 Å². The van der Waals surface area contributed by atoms with Gasteiger partial charge in [0.05, 0.1) is 18.9 Å². The minimum absolute atomic E-state index is 0.0203. The fourth-order valence-corrected chi connectivity index (χ4v) is 3.66. The number of carbonyl (C=O) groups excluding carboxylic acids is 1. The van der Waals surface area contributed by atoms with Gasteiger partial charge in [0.2, 0.25) is 5.75 Å². The third kappa shape index (κ3) is 4.32. The molecule has 0 aliphatic heterocycles. The predicted octanol–water partition coefficient (Wildman–Crippen LogP) is 2.50. The van der Waals surface area contributed by atoms with Crippen LogP contribution in [0.15, 0.2) is 29.1 Å². The Labute approximate surface area is 168 Å². The van der Waals surface area contributed by atoms with Gasteiger partial charge in [0, 0.05) is 25.4 Å². The first-order valence-corrected chi connectivity index (χ1v) is 9.37. The van der Waals surface area contributed by atoms with Crippen molar-refractivity contribution in [3.8, 4) is 5.75 Å². The zero-order valence-electron chi connectivity index (χ0n) is 17.0. The second-order valence-corrected chi connectivity index (χ2v) is 7.38. The second-order valence-electron chi connectivity index (χ2n) is 7.38. The minimum atomic E-state index is -0.534. The molecule has 1 saturated carbocycles. The normalized spacial score (nSPS) is 20.4. The molecule has 2 atom stereocenters. The van der Waals surface area contributed by atoms with E-state index in [0.29, 0.717) is 17.9 Å². The van der Waals surface area contributed by atoms with Crippen LogP contribution in [0.3, 0.4) is 0 Å². The van der Waals surface area contributed by atoms with Crippen LogP contribution in [0.1, 0.15) is 30.4 Å². The van der Waals surface area contributed by atoms with E-state index in [0.717, 1.165) is 5.56 Å². The first kappa shape index (κ1) is 21.0. The molecule has 0 radical (unpaired) electrons. The molecule has 0 saturated heterocycles. The molecule has 1 aliphatic carbocycles. The average Bonchev–Trinajstić information content (AvgIpc) is 3.38. The maximum Gasteiger partial charge on any atom is 0.302 e. The number of rotatable bonds is 8. The fourth-order valence-electron chi connectivity index (χ4n) is 3.66. The van der Waals surface area contributed by atoms with Gasteiger partial charge in [-0.05, 0) is 38.0 Å². The molecule has 1 heterocycles. The molecule has 29 heavy (non-hydrogen) atoms. The number of esters is 1. The highest BCUT2D eigenvalue weighted by atomic mass is 19.1. The fraction of sp³-hybridized carbons (Fsp3) is 0.476. The number of aryl methyl sites for hydroxylation is 2. The Morgan fingerprint density at radius 3 is 2.79 bits per heavy atom. The first-order valence-electron chi connectivity index (χ1n) is 9.37. The monoisotopic (exact) mass is 404 g/mol. The maximum atomic E-state index is 13.8. The van der Waals surface area contributed by atoms with E-state index in [4.69, 9.17) is 14.2 Å². The van der Waals surface area contributed by atoms with Crippen molar-refractivity contribution in [2.45, 2.75) is 39.3 Å². The summed E-state index contributed by atoms with van der Waals surface area (Å²) in [6.45, 7) is 5.21. The van der Waals surface area contributed by atoms with E-state index in [-0.39, 0.29) is 49.0 Å². The van der Waals surface area contributed by atoms with Gasteiger partial charge < -0.3 is 14.2 Å². The molecule has 156 valence electrons. The number of methoxy groups -OCH3 is 1. The summed E-state index contributed by atoms with van der Waals surface area (Å²) in [5.41, 5.74) is 0.368. The topological polar surface area (TPSA) is 79.7 Å². The number of hydrogen-bond acceptors (Lipinski definition) is 6. The zero-order chi connectivity index (χ0) is 21.2. The Balaban J connectivity index is 1.88. The van der Waals surface area contributed by atoms with Crippen molar-refractivity contribution in [3.05, 3.63) is 57.5 Å². The van der Waals surface area contributed by atoms with Gasteiger partial charge in [-0.2, -0.15) is 0 Å². The number of ether oxygens (including phenoxy) is 3. The van der Waals surface area contributed by atoms with Gasteiger partial charge in [0.25, 0.3) is 5.56 Å². The van der Waals surface area contributed by atoms with Crippen molar-refractivity contribution in [2.24, 2.45) is 5.92 Å². The molecule has 3 rings (SSSR count). The SMILES string of the molecule is COCn1c(C)nc(C)c(OC[C@@]2(c3cccc(F)c3)C[C@H]2COC(C)=O)c1=O. The van der Waals surface area contributed by atoms with Crippen molar-refractivity contribution >= 4 is 5.97 Å². The minimum Gasteiger partial charge on any atom is -0.486 e. The third-order valence-electron chi connectivity index (χ3n) is 5.34. The summed E-state index contributed by atoms with van der Waals surface area (Å²) in [6.07, 6.45) is 0.661. The molecular formula is C21H25FN2O5. The molecule has 1 fully saturated rings. The molecule has 2 aromatic rings. The largest absolute Gasteiger partial charge is 0.486 e. The van der Waals surface area contributed by atoms with Crippen LogP contribution in [0.25, 0.3) is 0 Å². The number of nitrogens with zero attached hydrogens (tertiary/aromatic N) is 2. The highest BCUT2D eigenvalue weighted by Crippen LogP contribution is 2.54. The second kappa shape index (κ2) is 8.32. The van der Waals surface area contributed by atoms with Crippen LogP contribution in [0.2, 0.25) is 0 Å². The van der Waals surface area contributed by atoms with Gasteiger partial charge in [-0.3, -0.25) is 14.2 Å². The standard InChI is InChI=1S/C21H25FN2O5/c1-13-19(20(26)24(12-27-4)14(2)23-13)29-11-21(9-17(21)10-28-15(3)25)16-6-5-7-18(22)8-16/h5-8,17H,9-12H2,1-4H3/t17-,21+/m0/s1. The zero-order valence-corrected chi connectivity index (χ0v) is 17.0. The summed E-state index contributed by atoms with van der Waals surface area (Å²) in [6, 6.07) is 6.29. The predicted molar refractivity (Wildman–Crippen MR) is 103 cm³/mol. The lowest BCUT2D eigenvalue weighted by molar-refractivity contribution is -0.141. The van der Waals surface area contributed by atoms with Gasteiger partial charge in [-0.15, -0.1) is 0 Å². The lowest BCUT2D eigenvalue weighted by atomic mass is 9.94. The number of aromatic nitrogens is 2. The summed E-state index contributed by atoms with van der Waals surface area (Å²) in [5.74, 6) is -0.0713. The van der Waals surface area contributed by atoms with Crippen molar-refractivity contribution in [2.75, 3.05) is 20.3 Å². The molecule has 7 nitrogen and oxygen atoms in total. The molecule has 0 bridgehead atoms. The van der Waals surface area contributed by atoms with Crippen LogP contribution in [0, 0.1) is 25.6 Å². The van der Waals surface area contributed by atoms with Crippen LogP contribution in [0.4, 0.5) is 4.39 Å². The average molecular weight is 404 g/mol. The molecule has 0 amide bonds. The van der Waals surface area contributed by atoms with Gasteiger partial charge in [0.15, 0.2) is 0 Å². The summed E-state index contributed by atoms with van der Waals surface area (Å²) in [7, 11) is 1.50. The smallest absolute Gasteiger partial charge is 0.302 e. The highest BCUT2D eigenvalue weighted by Gasteiger charge is 2.56. The van der Waals surface area contributed by atoms with Gasteiger partial charge in [0.1, 0.15) is 18.4 Å². The van der Waals surface area contributed by atoms with Crippen molar-refractivity contribution in [3.63, 3.8) is 0 Å². The van der Waals surface area contributed by atoms with Gasteiger partial charge >= 0.3 is 5.97 Å². The van der Waals surface area contributed by atoms with Crippen LogP contribution in [-0.2, 0) is 26.4 Å². The Hall–Kier alpha value is -2.74. The first-order chi connectivity index (χ1) is 13.8. The molecule has 1 aromatic carbocycles. The van der Waals surface area contributed by atoms with E-state index in [1.54, 1.807) is 19.9 Å². The summed E-state index contributed by atoms with van der Waals surface area (Å²) in [5, 5.41) is 0. The molecule has 0 spiro atoms. The quantitative estimate of drug-likeness (QED) is 0.629. The van der Waals surface area contributed by atoms with E-state index in [2.05, 4.69) is 4.98 Å². The van der Waals surface area contributed by atoms with Crippen molar-refractivity contribution < 1.29 is 23.4 Å². The van der Waals surface area contributed by atoms with Crippen molar-refractivity contribution in [1.82, 2.24) is 9.55 Å². The van der Waals surface area contributed by atoms with Crippen LogP contribution < -0.4 is 10.3 Å². The van der Waals surface area contributed by atoms with Crippen molar-refractivity contribution in [1.29, 1.82) is 0 Å². The number of carbonyl (C=O) groups is 1.